The third-order valence-electron chi connectivity index (χ3n) is 1.37. The molecule has 0 aromatic heterocycles. The number of carbonyl (C=O) groups is 2. The van der Waals surface area contributed by atoms with E-state index in [1.165, 1.54) is 11.8 Å². The van der Waals surface area contributed by atoms with Gasteiger partial charge in [-0.15, -0.1) is 11.6 Å². The monoisotopic (exact) mass is 225 g/mol. The summed E-state index contributed by atoms with van der Waals surface area (Å²) in [5, 5.41) is 11.0. The summed E-state index contributed by atoms with van der Waals surface area (Å²) in [5.74, 6) is -0.981. The predicted octanol–water partition coefficient (Wildman–Crippen LogP) is 0.548. The molecular weight excluding hydrogens is 214 g/mol. The molecule has 0 aromatic carbocycles. The molecule has 0 aliphatic rings. The Labute approximate surface area is 86.0 Å². The number of hydrogen-bond acceptors (Lipinski definition) is 3. The molecule has 1 atom stereocenters. The van der Waals surface area contributed by atoms with Crippen LogP contribution in [-0.4, -0.2) is 40.9 Å². The number of carboxylic acids is 1. The van der Waals surface area contributed by atoms with E-state index in [4.69, 9.17) is 16.7 Å². The van der Waals surface area contributed by atoms with Gasteiger partial charge in [0.1, 0.15) is 11.9 Å². The van der Waals surface area contributed by atoms with Crippen LogP contribution < -0.4 is 5.32 Å². The van der Waals surface area contributed by atoms with Gasteiger partial charge in [-0.2, -0.15) is 11.8 Å². The quantitative estimate of drug-likeness (QED) is 0.648. The van der Waals surface area contributed by atoms with E-state index in [1.807, 2.05) is 6.26 Å². The third kappa shape index (κ3) is 5.76. The molecule has 13 heavy (non-hydrogen) atoms. The van der Waals surface area contributed by atoms with E-state index >= 15 is 0 Å². The van der Waals surface area contributed by atoms with Crippen molar-refractivity contribution in [2.24, 2.45) is 0 Å². The van der Waals surface area contributed by atoms with Crippen molar-refractivity contribution < 1.29 is 14.7 Å². The molecule has 6 heteroatoms. The van der Waals surface area contributed by atoms with Gasteiger partial charge in [-0.3, -0.25) is 4.79 Å². The van der Waals surface area contributed by atoms with Crippen molar-refractivity contribution in [3.63, 3.8) is 0 Å². The second-order valence-electron chi connectivity index (χ2n) is 2.37. The van der Waals surface area contributed by atoms with Gasteiger partial charge in [0.15, 0.2) is 0 Å². The van der Waals surface area contributed by atoms with Crippen LogP contribution >= 0.6 is 23.4 Å². The van der Waals surface area contributed by atoms with Crippen LogP contribution in [0.15, 0.2) is 0 Å². The second kappa shape index (κ2) is 7.03. The van der Waals surface area contributed by atoms with Crippen molar-refractivity contribution in [1.82, 2.24) is 5.32 Å². The van der Waals surface area contributed by atoms with Crippen LogP contribution in [0.5, 0.6) is 0 Å². The van der Waals surface area contributed by atoms with Crippen molar-refractivity contribution in [1.29, 1.82) is 0 Å². The van der Waals surface area contributed by atoms with Crippen molar-refractivity contribution in [2.75, 3.05) is 17.9 Å². The normalized spacial score (nSPS) is 12.2. The number of hydrogen-bond donors (Lipinski definition) is 2. The number of amides is 1. The van der Waals surface area contributed by atoms with E-state index < -0.39 is 17.9 Å². The Hall–Kier alpha value is -0.420. The zero-order chi connectivity index (χ0) is 10.3. The summed E-state index contributed by atoms with van der Waals surface area (Å²) < 4.78 is 0. The van der Waals surface area contributed by atoms with E-state index in [-0.39, 0.29) is 5.88 Å². The van der Waals surface area contributed by atoms with Crippen LogP contribution in [0.2, 0.25) is 0 Å². The fraction of sp³-hybridized carbons (Fsp3) is 0.714. The van der Waals surface area contributed by atoms with Crippen molar-refractivity contribution in [3.8, 4) is 0 Å². The minimum absolute atomic E-state index is 0.205. The fourth-order valence-corrected chi connectivity index (χ4v) is 1.27. The summed E-state index contributed by atoms with van der Waals surface area (Å²) >= 11 is 6.76. The molecule has 0 heterocycles. The lowest BCUT2D eigenvalue weighted by atomic mass is 10.2. The van der Waals surface area contributed by atoms with Gasteiger partial charge in [-0.25, -0.2) is 4.79 Å². The number of carboxylic acid groups (broad SMARTS) is 1. The van der Waals surface area contributed by atoms with E-state index in [0.29, 0.717) is 12.2 Å². The van der Waals surface area contributed by atoms with Gasteiger partial charge in [-0.05, 0) is 18.4 Å². The first-order chi connectivity index (χ1) is 6.11. The van der Waals surface area contributed by atoms with Crippen LogP contribution in [0.3, 0.4) is 0 Å². The molecule has 0 bridgehead atoms. The maximum atomic E-state index is 10.8. The molecular formula is C7H12ClNO3S. The van der Waals surface area contributed by atoms with E-state index in [9.17, 15) is 9.59 Å². The van der Waals surface area contributed by atoms with Crippen LogP contribution in [0, 0.1) is 0 Å². The number of carbonyl (C=O) groups excluding carboxylic acids is 1. The maximum absolute atomic E-state index is 10.8. The molecule has 2 N–H and O–H groups in total. The minimum atomic E-state index is -1.02. The molecule has 0 aliphatic carbocycles. The van der Waals surface area contributed by atoms with Gasteiger partial charge < -0.3 is 10.4 Å². The van der Waals surface area contributed by atoms with Gasteiger partial charge in [0, 0.05) is 0 Å². The highest BCUT2D eigenvalue weighted by Gasteiger charge is 2.18. The van der Waals surface area contributed by atoms with Gasteiger partial charge in [0.25, 0.3) is 0 Å². The van der Waals surface area contributed by atoms with Crippen LogP contribution in [0.1, 0.15) is 6.42 Å². The van der Waals surface area contributed by atoms with E-state index in [1.54, 1.807) is 0 Å². The molecule has 0 fully saturated rings. The molecule has 0 saturated heterocycles. The van der Waals surface area contributed by atoms with Gasteiger partial charge in [-0.1, -0.05) is 0 Å². The summed E-state index contributed by atoms with van der Waals surface area (Å²) in [5.41, 5.74) is 0. The van der Waals surface area contributed by atoms with E-state index in [2.05, 4.69) is 5.32 Å². The standard InChI is InChI=1S/C7H12ClNO3S/c1-13-3-2-5(7(11)12)9-6(10)4-8/h5H,2-4H2,1H3,(H,9,10)(H,11,12). The summed E-state index contributed by atoms with van der Waals surface area (Å²) in [4.78, 5) is 21.4. The highest BCUT2D eigenvalue weighted by atomic mass is 35.5. The molecule has 1 amide bonds. The smallest absolute Gasteiger partial charge is 0.326 e. The molecule has 0 radical (unpaired) electrons. The van der Waals surface area contributed by atoms with Crippen molar-refractivity contribution in [2.45, 2.75) is 12.5 Å². The van der Waals surface area contributed by atoms with Gasteiger partial charge >= 0.3 is 5.97 Å². The highest BCUT2D eigenvalue weighted by molar-refractivity contribution is 7.98. The molecule has 1 unspecified atom stereocenters. The van der Waals surface area contributed by atoms with Crippen LogP contribution in [0.25, 0.3) is 0 Å². The molecule has 0 aliphatic heterocycles. The van der Waals surface area contributed by atoms with Crippen LogP contribution in [-0.2, 0) is 9.59 Å². The predicted molar refractivity (Wildman–Crippen MR) is 53.3 cm³/mol. The molecule has 0 saturated carbocycles. The summed E-state index contributed by atoms with van der Waals surface area (Å²) in [6, 6.07) is -0.821. The average Bonchev–Trinajstić information content (AvgIpc) is 2.11. The van der Waals surface area contributed by atoms with Crippen molar-refractivity contribution >= 4 is 35.2 Å². The Morgan fingerprint density at radius 1 is 1.62 bits per heavy atom. The number of nitrogens with one attached hydrogen (secondary N) is 1. The fourth-order valence-electron chi connectivity index (χ4n) is 0.726. The number of aliphatic carboxylic acids is 1. The molecule has 76 valence electrons. The molecule has 0 spiro atoms. The summed E-state index contributed by atoms with van der Waals surface area (Å²) in [7, 11) is 0. The van der Waals surface area contributed by atoms with E-state index in [0.717, 1.165) is 0 Å². The number of rotatable bonds is 6. The first kappa shape index (κ1) is 12.6. The molecule has 4 nitrogen and oxygen atoms in total. The maximum Gasteiger partial charge on any atom is 0.326 e. The summed E-state index contributed by atoms with van der Waals surface area (Å²) in [6.07, 6.45) is 2.29. The van der Waals surface area contributed by atoms with Gasteiger partial charge in [0.05, 0.1) is 0 Å². The second-order valence-corrected chi connectivity index (χ2v) is 3.63. The lowest BCUT2D eigenvalue weighted by Crippen LogP contribution is -2.41. The Bertz CT molecular complexity index is 189. The topological polar surface area (TPSA) is 66.4 Å². The largest absolute Gasteiger partial charge is 0.480 e. The summed E-state index contributed by atoms with van der Waals surface area (Å²) in [6.45, 7) is 0. The average molecular weight is 226 g/mol. The third-order valence-corrected chi connectivity index (χ3v) is 2.25. The Morgan fingerprint density at radius 3 is 2.62 bits per heavy atom. The molecule has 0 aromatic rings. The minimum Gasteiger partial charge on any atom is -0.480 e. The zero-order valence-electron chi connectivity index (χ0n) is 7.25. The molecule has 0 rings (SSSR count). The lowest BCUT2D eigenvalue weighted by molar-refractivity contribution is -0.141. The zero-order valence-corrected chi connectivity index (χ0v) is 8.82. The first-order valence-electron chi connectivity index (χ1n) is 3.69. The Balaban J connectivity index is 3.94. The lowest BCUT2D eigenvalue weighted by Gasteiger charge is -2.12. The highest BCUT2D eigenvalue weighted by Crippen LogP contribution is 2.00. The van der Waals surface area contributed by atoms with Crippen LogP contribution in [0.4, 0.5) is 0 Å². The number of halogens is 1. The Kier molecular flexibility index (Phi) is 6.80. The van der Waals surface area contributed by atoms with Crippen molar-refractivity contribution in [3.05, 3.63) is 0 Å². The first-order valence-corrected chi connectivity index (χ1v) is 5.61. The number of alkyl halides is 1. The number of thioether (sulfide) groups is 1. The Morgan fingerprint density at radius 2 is 2.23 bits per heavy atom. The SMILES string of the molecule is CSCCC(NC(=O)CCl)C(=O)O. The van der Waals surface area contributed by atoms with Gasteiger partial charge in [0.2, 0.25) is 5.91 Å².